The van der Waals surface area contributed by atoms with E-state index >= 15 is 0 Å². The van der Waals surface area contributed by atoms with Crippen molar-refractivity contribution in [1.82, 2.24) is 0 Å². The molecule has 4 nitrogen and oxygen atoms in total. The normalized spacial score (nSPS) is 10.5. The summed E-state index contributed by atoms with van der Waals surface area (Å²) in [5.41, 5.74) is 1.49. The lowest BCUT2D eigenvalue weighted by Crippen LogP contribution is -2.06. The molecule has 0 aliphatic rings. The summed E-state index contributed by atoms with van der Waals surface area (Å²) in [6, 6.07) is 25.7. The van der Waals surface area contributed by atoms with E-state index in [9.17, 15) is 4.79 Å². The van der Waals surface area contributed by atoms with Gasteiger partial charge in [-0.05, 0) is 29.8 Å². The van der Waals surface area contributed by atoms with Gasteiger partial charge < -0.3 is 10.1 Å². The van der Waals surface area contributed by atoms with Crippen LogP contribution in [0.1, 0.15) is 5.56 Å². The number of amides is 2. The van der Waals surface area contributed by atoms with E-state index < -0.39 is 6.03 Å². The first-order valence-corrected chi connectivity index (χ1v) is 7.53. The highest BCUT2D eigenvalue weighted by molar-refractivity contribution is 5.98. The number of hydrogen-bond acceptors (Lipinski definition) is 2. The average Bonchev–Trinajstić information content (AvgIpc) is 2.62. The molecule has 118 valence electrons. The van der Waals surface area contributed by atoms with Crippen LogP contribution in [0.2, 0.25) is 0 Å². The number of carbonyl (C=O) groups excluding carboxylic acids is 1. The van der Waals surface area contributed by atoms with Crippen molar-refractivity contribution in [3.63, 3.8) is 0 Å². The second-order valence-corrected chi connectivity index (χ2v) is 5.04. The monoisotopic (exact) mass is 316 g/mol. The molecule has 0 saturated carbocycles. The van der Waals surface area contributed by atoms with E-state index in [0.717, 1.165) is 11.3 Å². The summed E-state index contributed by atoms with van der Waals surface area (Å²) in [6.45, 7) is 0. The molecule has 3 aromatic rings. The number of anilines is 1. The number of hydrogen-bond donors (Lipinski definition) is 1. The Labute approximate surface area is 140 Å². The summed E-state index contributed by atoms with van der Waals surface area (Å²) in [5.74, 6) is 1.38. The molecule has 0 saturated heterocycles. The molecule has 0 radical (unpaired) electrons. The maximum absolute atomic E-state index is 11.9. The van der Waals surface area contributed by atoms with Crippen LogP contribution in [0.3, 0.4) is 0 Å². The molecule has 3 rings (SSSR count). The van der Waals surface area contributed by atoms with Gasteiger partial charge >= 0.3 is 6.03 Å². The van der Waals surface area contributed by atoms with E-state index in [1.807, 2.05) is 72.8 Å². The van der Waals surface area contributed by atoms with Gasteiger partial charge in [-0.3, -0.25) is 0 Å². The number of para-hydroxylation sites is 1. The molecule has 0 fully saturated rings. The third-order valence-electron chi connectivity index (χ3n) is 3.19. The molecule has 0 atom stereocenters. The molecule has 0 aromatic heterocycles. The van der Waals surface area contributed by atoms with Gasteiger partial charge in [0, 0.05) is 18.0 Å². The fourth-order valence-corrected chi connectivity index (χ4v) is 2.09. The van der Waals surface area contributed by atoms with Crippen molar-refractivity contribution in [2.75, 3.05) is 5.32 Å². The van der Waals surface area contributed by atoms with Crippen molar-refractivity contribution in [3.05, 3.63) is 90.5 Å². The van der Waals surface area contributed by atoms with Gasteiger partial charge in [0.05, 0.1) is 0 Å². The van der Waals surface area contributed by atoms with Crippen LogP contribution in [-0.2, 0) is 0 Å². The Kier molecular flexibility index (Phi) is 5.00. The number of carbonyl (C=O) groups is 1. The standard InChI is InChI=1S/C20H16N2O2/c23-20(21-15-16-8-3-1-4-9-16)22-17-10-7-13-19(14-17)24-18-11-5-2-6-12-18/h1-15H,(H,22,23). The molecule has 0 aliphatic heterocycles. The van der Waals surface area contributed by atoms with E-state index in [2.05, 4.69) is 10.3 Å². The number of rotatable bonds is 4. The molecule has 0 spiro atoms. The lowest BCUT2D eigenvalue weighted by Gasteiger charge is -2.07. The van der Waals surface area contributed by atoms with Crippen LogP contribution in [0, 0.1) is 0 Å². The van der Waals surface area contributed by atoms with Crippen LogP contribution in [0.25, 0.3) is 0 Å². The number of nitrogens with one attached hydrogen (secondary N) is 1. The fourth-order valence-electron chi connectivity index (χ4n) is 2.09. The number of benzene rings is 3. The fraction of sp³-hybridized carbons (Fsp3) is 0. The lowest BCUT2D eigenvalue weighted by atomic mass is 10.2. The summed E-state index contributed by atoms with van der Waals surface area (Å²) in [5, 5.41) is 2.72. The summed E-state index contributed by atoms with van der Waals surface area (Å²) in [6.07, 6.45) is 1.53. The van der Waals surface area contributed by atoms with Gasteiger partial charge in [-0.25, -0.2) is 9.79 Å². The Bertz CT molecular complexity index is 831. The van der Waals surface area contributed by atoms with Gasteiger partial charge in [0.1, 0.15) is 11.5 Å². The molecule has 4 heteroatoms. The van der Waals surface area contributed by atoms with Gasteiger partial charge in [-0.1, -0.05) is 54.6 Å². The highest BCUT2D eigenvalue weighted by atomic mass is 16.5. The quantitative estimate of drug-likeness (QED) is 0.678. The molecular formula is C20H16N2O2. The highest BCUT2D eigenvalue weighted by Crippen LogP contribution is 2.23. The zero-order valence-corrected chi connectivity index (χ0v) is 12.9. The molecule has 0 bridgehead atoms. The van der Waals surface area contributed by atoms with Crippen molar-refractivity contribution < 1.29 is 9.53 Å². The minimum absolute atomic E-state index is 0.435. The smallest absolute Gasteiger partial charge is 0.345 e. The zero-order chi connectivity index (χ0) is 16.6. The van der Waals surface area contributed by atoms with Gasteiger partial charge in [0.25, 0.3) is 0 Å². The molecule has 3 aromatic carbocycles. The molecule has 0 heterocycles. The minimum atomic E-state index is -0.435. The Morgan fingerprint density at radius 1 is 0.833 bits per heavy atom. The van der Waals surface area contributed by atoms with E-state index in [0.29, 0.717) is 11.4 Å². The van der Waals surface area contributed by atoms with E-state index in [1.54, 1.807) is 12.1 Å². The van der Waals surface area contributed by atoms with Crippen LogP contribution in [0.4, 0.5) is 10.5 Å². The SMILES string of the molecule is O=C(N=Cc1ccccc1)Nc1cccc(Oc2ccccc2)c1. The van der Waals surface area contributed by atoms with Crippen molar-refractivity contribution in [2.45, 2.75) is 0 Å². The largest absolute Gasteiger partial charge is 0.457 e. The van der Waals surface area contributed by atoms with Crippen LogP contribution in [0.5, 0.6) is 11.5 Å². The Balaban J connectivity index is 1.64. The summed E-state index contributed by atoms with van der Waals surface area (Å²) in [7, 11) is 0. The van der Waals surface area contributed by atoms with E-state index in [-0.39, 0.29) is 0 Å². The zero-order valence-electron chi connectivity index (χ0n) is 12.9. The van der Waals surface area contributed by atoms with Crippen LogP contribution < -0.4 is 10.1 Å². The third-order valence-corrected chi connectivity index (χ3v) is 3.19. The third kappa shape index (κ3) is 4.55. The highest BCUT2D eigenvalue weighted by Gasteiger charge is 2.02. The van der Waals surface area contributed by atoms with Crippen molar-refractivity contribution >= 4 is 17.9 Å². The topological polar surface area (TPSA) is 50.7 Å². The Hall–Kier alpha value is -3.40. The number of ether oxygens (including phenoxy) is 1. The molecule has 2 amide bonds. The van der Waals surface area contributed by atoms with Gasteiger partial charge in [-0.2, -0.15) is 0 Å². The summed E-state index contributed by atoms with van der Waals surface area (Å²) < 4.78 is 5.74. The van der Waals surface area contributed by atoms with Gasteiger partial charge in [0.2, 0.25) is 0 Å². The van der Waals surface area contributed by atoms with Crippen molar-refractivity contribution in [1.29, 1.82) is 0 Å². The number of nitrogens with zero attached hydrogens (tertiary/aromatic N) is 1. The second kappa shape index (κ2) is 7.74. The van der Waals surface area contributed by atoms with Gasteiger partial charge in [-0.15, -0.1) is 0 Å². The van der Waals surface area contributed by atoms with Crippen molar-refractivity contribution in [2.24, 2.45) is 4.99 Å². The first-order chi connectivity index (χ1) is 11.8. The average molecular weight is 316 g/mol. The number of aliphatic imine (C=N–C) groups is 1. The first-order valence-electron chi connectivity index (χ1n) is 7.53. The maximum atomic E-state index is 11.9. The molecular weight excluding hydrogens is 300 g/mol. The minimum Gasteiger partial charge on any atom is -0.457 e. The summed E-state index contributed by atoms with van der Waals surface area (Å²) >= 11 is 0. The van der Waals surface area contributed by atoms with Crippen LogP contribution >= 0.6 is 0 Å². The molecule has 0 aliphatic carbocycles. The Morgan fingerprint density at radius 2 is 1.50 bits per heavy atom. The van der Waals surface area contributed by atoms with E-state index in [4.69, 9.17) is 4.74 Å². The van der Waals surface area contributed by atoms with Crippen LogP contribution in [0.15, 0.2) is 89.9 Å². The van der Waals surface area contributed by atoms with E-state index in [1.165, 1.54) is 6.21 Å². The predicted molar refractivity (Wildman–Crippen MR) is 96.0 cm³/mol. The lowest BCUT2D eigenvalue weighted by molar-refractivity contribution is 0.259. The maximum Gasteiger partial charge on any atom is 0.345 e. The predicted octanol–water partition coefficient (Wildman–Crippen LogP) is 5.13. The second-order valence-electron chi connectivity index (χ2n) is 5.04. The van der Waals surface area contributed by atoms with Gasteiger partial charge in [0.15, 0.2) is 0 Å². The molecule has 1 N–H and O–H groups in total. The number of urea groups is 1. The molecule has 24 heavy (non-hydrogen) atoms. The first kappa shape index (κ1) is 15.5. The van der Waals surface area contributed by atoms with Crippen molar-refractivity contribution in [3.8, 4) is 11.5 Å². The van der Waals surface area contributed by atoms with Crippen LogP contribution in [-0.4, -0.2) is 12.2 Å². The summed E-state index contributed by atoms with van der Waals surface area (Å²) in [4.78, 5) is 15.8. The Morgan fingerprint density at radius 3 is 2.25 bits per heavy atom. The molecule has 0 unspecified atom stereocenters.